The monoisotopic (exact) mass is 512 g/mol. The predicted octanol–water partition coefficient (Wildman–Crippen LogP) is 6.75. The molecular weight excluding hydrogens is 484 g/mol. The average molecular weight is 513 g/mol. The van der Waals surface area contributed by atoms with Crippen molar-refractivity contribution < 1.29 is 19.4 Å². The third-order valence-corrected chi connectivity index (χ3v) is 6.73. The van der Waals surface area contributed by atoms with Crippen molar-refractivity contribution in [3.8, 4) is 5.75 Å². The number of amides is 2. The zero-order valence-corrected chi connectivity index (χ0v) is 21.3. The SMILES string of the molecule is COc1ccc(NC(=O)N(CCc2ccccc2)c2ccc(Sc3ccc(CC(=O)O)cc3)cc2)cc1. The molecule has 0 unspecified atom stereocenters. The molecule has 4 aromatic rings. The first kappa shape index (κ1) is 25.9. The fourth-order valence-electron chi connectivity index (χ4n) is 3.78. The van der Waals surface area contributed by atoms with E-state index in [1.54, 1.807) is 23.8 Å². The molecular formula is C30H28N2O4S. The number of carbonyl (C=O) groups is 2. The van der Waals surface area contributed by atoms with E-state index in [9.17, 15) is 9.59 Å². The highest BCUT2D eigenvalue weighted by Gasteiger charge is 2.16. The molecule has 0 aliphatic carbocycles. The van der Waals surface area contributed by atoms with E-state index >= 15 is 0 Å². The van der Waals surface area contributed by atoms with E-state index in [1.807, 2.05) is 91.0 Å². The number of urea groups is 1. The summed E-state index contributed by atoms with van der Waals surface area (Å²) >= 11 is 1.58. The fourth-order valence-corrected chi connectivity index (χ4v) is 4.60. The molecule has 0 saturated heterocycles. The first-order chi connectivity index (χ1) is 18.0. The molecule has 7 heteroatoms. The summed E-state index contributed by atoms with van der Waals surface area (Å²) in [6, 6.07) is 32.5. The first-order valence-electron chi connectivity index (χ1n) is 11.9. The van der Waals surface area contributed by atoms with Crippen molar-refractivity contribution in [3.63, 3.8) is 0 Å². The van der Waals surface area contributed by atoms with Gasteiger partial charge in [-0.25, -0.2) is 4.79 Å². The van der Waals surface area contributed by atoms with E-state index in [1.165, 1.54) is 0 Å². The van der Waals surface area contributed by atoms with Crippen molar-refractivity contribution >= 4 is 35.1 Å². The highest BCUT2D eigenvalue weighted by Crippen LogP contribution is 2.30. The number of hydrogen-bond donors (Lipinski definition) is 2. The van der Waals surface area contributed by atoms with Crippen LogP contribution in [0.15, 0.2) is 113 Å². The van der Waals surface area contributed by atoms with Gasteiger partial charge in [0.05, 0.1) is 13.5 Å². The van der Waals surface area contributed by atoms with E-state index in [2.05, 4.69) is 17.4 Å². The minimum atomic E-state index is -0.844. The molecule has 0 aliphatic heterocycles. The Balaban J connectivity index is 1.48. The molecule has 0 radical (unpaired) electrons. The Labute approximate surface area is 220 Å². The summed E-state index contributed by atoms with van der Waals surface area (Å²) in [4.78, 5) is 28.0. The maximum absolute atomic E-state index is 13.3. The topological polar surface area (TPSA) is 78.9 Å². The molecule has 6 nitrogen and oxygen atoms in total. The molecule has 0 aliphatic rings. The van der Waals surface area contributed by atoms with E-state index < -0.39 is 5.97 Å². The average Bonchev–Trinajstić information content (AvgIpc) is 2.91. The van der Waals surface area contributed by atoms with Crippen LogP contribution in [0.2, 0.25) is 0 Å². The molecule has 2 amide bonds. The van der Waals surface area contributed by atoms with Gasteiger partial charge >= 0.3 is 12.0 Å². The summed E-state index contributed by atoms with van der Waals surface area (Å²) in [5.41, 5.74) is 3.41. The lowest BCUT2D eigenvalue weighted by atomic mass is 10.1. The molecule has 0 fully saturated rings. The Kier molecular flexibility index (Phi) is 8.84. The summed E-state index contributed by atoms with van der Waals surface area (Å²) in [5.74, 6) is -0.118. The lowest BCUT2D eigenvalue weighted by Crippen LogP contribution is -2.36. The van der Waals surface area contributed by atoms with E-state index in [0.717, 1.165) is 38.8 Å². The lowest BCUT2D eigenvalue weighted by Gasteiger charge is -2.24. The summed E-state index contributed by atoms with van der Waals surface area (Å²) in [6.07, 6.45) is 0.729. The highest BCUT2D eigenvalue weighted by atomic mass is 32.2. The van der Waals surface area contributed by atoms with Gasteiger partial charge in [0.15, 0.2) is 0 Å². The van der Waals surface area contributed by atoms with Gasteiger partial charge < -0.3 is 15.2 Å². The van der Waals surface area contributed by atoms with Gasteiger partial charge in [0, 0.05) is 27.7 Å². The molecule has 0 saturated carbocycles. The van der Waals surface area contributed by atoms with Gasteiger partial charge in [0.2, 0.25) is 0 Å². The molecule has 0 heterocycles. The smallest absolute Gasteiger partial charge is 0.326 e. The van der Waals surface area contributed by atoms with Crippen molar-refractivity contribution in [3.05, 3.63) is 114 Å². The van der Waals surface area contributed by atoms with E-state index in [0.29, 0.717) is 12.2 Å². The number of hydrogen-bond acceptors (Lipinski definition) is 4. The zero-order valence-electron chi connectivity index (χ0n) is 20.5. The number of carboxylic acids is 1. The third-order valence-electron chi connectivity index (χ3n) is 5.72. The number of nitrogens with one attached hydrogen (secondary N) is 1. The maximum atomic E-state index is 13.3. The van der Waals surface area contributed by atoms with Crippen molar-refractivity contribution in [2.45, 2.75) is 22.6 Å². The molecule has 0 atom stereocenters. The van der Waals surface area contributed by atoms with Crippen molar-refractivity contribution in [2.24, 2.45) is 0 Å². The molecule has 37 heavy (non-hydrogen) atoms. The Hall–Kier alpha value is -4.23. The van der Waals surface area contributed by atoms with Crippen LogP contribution in [-0.2, 0) is 17.6 Å². The minimum absolute atomic E-state index is 0.0110. The molecule has 0 aromatic heterocycles. The molecule has 4 aromatic carbocycles. The van der Waals surface area contributed by atoms with Gasteiger partial charge in [-0.3, -0.25) is 9.69 Å². The van der Waals surface area contributed by atoms with Gasteiger partial charge in [-0.05, 0) is 78.2 Å². The number of methoxy groups -OCH3 is 1. The number of carboxylic acid groups (broad SMARTS) is 1. The Bertz CT molecular complexity index is 1310. The van der Waals surface area contributed by atoms with Gasteiger partial charge in [-0.15, -0.1) is 0 Å². The molecule has 0 spiro atoms. The lowest BCUT2D eigenvalue weighted by molar-refractivity contribution is -0.136. The number of nitrogens with zero attached hydrogens (tertiary/aromatic N) is 1. The molecule has 0 bridgehead atoms. The van der Waals surface area contributed by atoms with Crippen LogP contribution in [0.1, 0.15) is 11.1 Å². The van der Waals surface area contributed by atoms with E-state index in [4.69, 9.17) is 9.84 Å². The molecule has 4 rings (SSSR count). The minimum Gasteiger partial charge on any atom is -0.497 e. The first-order valence-corrected chi connectivity index (χ1v) is 12.7. The second-order valence-electron chi connectivity index (χ2n) is 8.36. The van der Waals surface area contributed by atoms with Gasteiger partial charge in [0.25, 0.3) is 0 Å². The van der Waals surface area contributed by atoms with Crippen LogP contribution in [0.25, 0.3) is 0 Å². The van der Waals surface area contributed by atoms with Crippen LogP contribution in [0.3, 0.4) is 0 Å². The Morgan fingerprint density at radius 3 is 2.03 bits per heavy atom. The van der Waals surface area contributed by atoms with Crippen LogP contribution in [-0.4, -0.2) is 30.8 Å². The normalized spacial score (nSPS) is 10.5. The number of rotatable bonds is 10. The fraction of sp³-hybridized carbons (Fsp3) is 0.133. The number of anilines is 2. The standard InChI is InChI=1S/C30H28N2O4S/c1-36-26-13-9-24(10-14-26)31-30(35)32(20-19-22-5-3-2-4-6-22)25-11-17-28(18-12-25)37-27-15-7-23(8-16-27)21-29(33)34/h2-18H,19-21H2,1H3,(H,31,35)(H,33,34). The van der Waals surface area contributed by atoms with Crippen molar-refractivity contribution in [1.82, 2.24) is 0 Å². The van der Waals surface area contributed by atoms with Crippen LogP contribution in [0.4, 0.5) is 16.2 Å². The van der Waals surface area contributed by atoms with Crippen LogP contribution < -0.4 is 15.0 Å². The quantitative estimate of drug-likeness (QED) is 0.246. The number of carbonyl (C=O) groups excluding carboxylic acids is 1. The second-order valence-corrected chi connectivity index (χ2v) is 9.50. The van der Waals surface area contributed by atoms with E-state index in [-0.39, 0.29) is 12.5 Å². The molecule has 188 valence electrons. The predicted molar refractivity (Wildman–Crippen MR) is 148 cm³/mol. The summed E-state index contributed by atoms with van der Waals surface area (Å²) < 4.78 is 5.20. The summed E-state index contributed by atoms with van der Waals surface area (Å²) in [5, 5.41) is 11.9. The van der Waals surface area contributed by atoms with Crippen LogP contribution in [0.5, 0.6) is 5.75 Å². The van der Waals surface area contributed by atoms with Crippen molar-refractivity contribution in [1.29, 1.82) is 0 Å². The van der Waals surface area contributed by atoms with Crippen molar-refractivity contribution in [2.75, 3.05) is 23.9 Å². The van der Waals surface area contributed by atoms with Crippen LogP contribution in [0, 0.1) is 0 Å². The Morgan fingerprint density at radius 1 is 0.811 bits per heavy atom. The highest BCUT2D eigenvalue weighted by molar-refractivity contribution is 7.99. The largest absolute Gasteiger partial charge is 0.497 e. The zero-order chi connectivity index (χ0) is 26.0. The summed E-state index contributed by atoms with van der Waals surface area (Å²) in [6.45, 7) is 0.517. The number of aliphatic carboxylic acids is 1. The van der Waals surface area contributed by atoms with Gasteiger partial charge in [-0.2, -0.15) is 0 Å². The van der Waals surface area contributed by atoms with Gasteiger partial charge in [0.1, 0.15) is 5.75 Å². The maximum Gasteiger partial charge on any atom is 0.326 e. The molecule has 2 N–H and O–H groups in total. The third kappa shape index (κ3) is 7.62. The number of ether oxygens (including phenoxy) is 1. The second kappa shape index (κ2) is 12.6. The van der Waals surface area contributed by atoms with Crippen LogP contribution >= 0.6 is 11.8 Å². The summed E-state index contributed by atoms with van der Waals surface area (Å²) in [7, 11) is 1.61. The number of benzene rings is 4. The Morgan fingerprint density at radius 2 is 1.43 bits per heavy atom. The van der Waals surface area contributed by atoms with Gasteiger partial charge in [-0.1, -0.05) is 54.2 Å².